The van der Waals surface area contributed by atoms with E-state index in [0.29, 0.717) is 36.0 Å². The Labute approximate surface area is 206 Å². The van der Waals surface area contributed by atoms with E-state index in [1.807, 2.05) is 39.0 Å². The first-order valence-electron chi connectivity index (χ1n) is 12.4. The molecule has 1 saturated carbocycles. The fourth-order valence-corrected chi connectivity index (χ4v) is 6.26. The summed E-state index contributed by atoms with van der Waals surface area (Å²) >= 11 is 0. The molecule has 0 amide bonds. The van der Waals surface area contributed by atoms with Crippen molar-refractivity contribution in [3.8, 4) is 5.75 Å². The van der Waals surface area contributed by atoms with Gasteiger partial charge in [-0.2, -0.15) is 0 Å². The highest BCUT2D eigenvalue weighted by Crippen LogP contribution is 2.54. The van der Waals surface area contributed by atoms with E-state index < -0.39 is 11.4 Å². The van der Waals surface area contributed by atoms with Gasteiger partial charge in [0.15, 0.2) is 11.6 Å². The first-order valence-corrected chi connectivity index (χ1v) is 12.4. The number of aryl methyl sites for hydroxylation is 1. The lowest BCUT2D eigenvalue weighted by molar-refractivity contribution is -0.158. The standard InChI is InChI=1S/C30H34O5/c1-6-29(4)12-7-13-30(5,28(34)35)24(29)11-8-18-14-19(17(2)3)15-23-25(18)27(33)22-16-20(31)9-10-21(22)26(23)32/h6,9-10,14-17,24,31H,1,7-8,11-13H2,2-5H3,(H,34,35)/t24?,29-,30+/m0/s1. The molecule has 3 atom stereocenters. The van der Waals surface area contributed by atoms with Gasteiger partial charge in [0.2, 0.25) is 0 Å². The molecule has 2 N–H and O–H groups in total. The molecule has 0 aliphatic heterocycles. The highest BCUT2D eigenvalue weighted by molar-refractivity contribution is 6.29. The zero-order chi connectivity index (χ0) is 25.7. The van der Waals surface area contributed by atoms with Crippen molar-refractivity contribution in [2.45, 2.75) is 65.7 Å². The summed E-state index contributed by atoms with van der Waals surface area (Å²) in [5.74, 6) is -1.36. The van der Waals surface area contributed by atoms with Crippen LogP contribution < -0.4 is 0 Å². The van der Waals surface area contributed by atoms with Crippen molar-refractivity contribution in [2.24, 2.45) is 16.7 Å². The van der Waals surface area contributed by atoms with Gasteiger partial charge < -0.3 is 10.2 Å². The Bertz CT molecular complexity index is 1240. The topological polar surface area (TPSA) is 91.7 Å². The van der Waals surface area contributed by atoms with Crippen LogP contribution >= 0.6 is 0 Å². The maximum absolute atomic E-state index is 13.6. The van der Waals surface area contributed by atoms with Gasteiger partial charge in [0.25, 0.3) is 0 Å². The number of fused-ring (bicyclic) bond motifs is 2. The molecule has 0 aromatic heterocycles. The van der Waals surface area contributed by atoms with Crippen LogP contribution in [0, 0.1) is 16.7 Å². The summed E-state index contributed by atoms with van der Waals surface area (Å²) in [5, 5.41) is 20.1. The van der Waals surface area contributed by atoms with E-state index in [1.54, 1.807) is 0 Å². The van der Waals surface area contributed by atoms with Crippen LogP contribution in [0.5, 0.6) is 5.75 Å². The molecular weight excluding hydrogens is 440 g/mol. The van der Waals surface area contributed by atoms with Crippen molar-refractivity contribution in [3.63, 3.8) is 0 Å². The number of phenols is 1. The zero-order valence-electron chi connectivity index (χ0n) is 21.0. The third kappa shape index (κ3) is 4.01. The van der Waals surface area contributed by atoms with Crippen LogP contribution in [0.4, 0.5) is 0 Å². The molecule has 1 unspecified atom stereocenters. The molecule has 0 radical (unpaired) electrons. The molecule has 0 spiro atoms. The minimum absolute atomic E-state index is 0.0603. The van der Waals surface area contributed by atoms with Crippen molar-refractivity contribution in [2.75, 3.05) is 0 Å². The zero-order valence-corrected chi connectivity index (χ0v) is 21.0. The Morgan fingerprint density at radius 1 is 1.09 bits per heavy atom. The Hall–Kier alpha value is -3.21. The van der Waals surface area contributed by atoms with Gasteiger partial charge in [-0.3, -0.25) is 14.4 Å². The Balaban J connectivity index is 1.81. The number of hydrogen-bond donors (Lipinski definition) is 2. The molecule has 0 saturated heterocycles. The maximum atomic E-state index is 13.6. The van der Waals surface area contributed by atoms with Crippen molar-refractivity contribution >= 4 is 17.5 Å². The number of allylic oxidation sites excluding steroid dienone is 1. The van der Waals surface area contributed by atoms with Crippen LogP contribution in [0.3, 0.4) is 0 Å². The molecule has 4 rings (SSSR count). The normalized spacial score (nSPS) is 25.8. The number of rotatable bonds is 6. The highest BCUT2D eigenvalue weighted by atomic mass is 16.4. The number of ketones is 2. The van der Waals surface area contributed by atoms with Gasteiger partial charge in [0.05, 0.1) is 5.41 Å². The Morgan fingerprint density at radius 2 is 1.80 bits per heavy atom. The van der Waals surface area contributed by atoms with Gasteiger partial charge in [-0.05, 0) is 85.3 Å². The average molecular weight is 475 g/mol. The fraction of sp³-hybridized carbons (Fsp3) is 0.433. The number of phenolic OH excluding ortho intramolecular Hbond substituents is 1. The fourth-order valence-electron chi connectivity index (χ4n) is 6.26. The number of benzene rings is 2. The van der Waals surface area contributed by atoms with Gasteiger partial charge in [0, 0.05) is 22.3 Å². The van der Waals surface area contributed by atoms with Gasteiger partial charge in [-0.15, -0.1) is 6.58 Å². The molecule has 5 heteroatoms. The predicted octanol–water partition coefficient (Wildman–Crippen LogP) is 6.31. The summed E-state index contributed by atoms with van der Waals surface area (Å²) in [6.45, 7) is 12.0. The van der Waals surface area contributed by atoms with E-state index in [4.69, 9.17) is 0 Å². The molecule has 184 valence electrons. The minimum atomic E-state index is -0.894. The molecule has 5 nitrogen and oxygen atoms in total. The lowest BCUT2D eigenvalue weighted by atomic mass is 9.54. The second-order valence-corrected chi connectivity index (χ2v) is 11.0. The third-order valence-corrected chi connectivity index (χ3v) is 8.51. The van der Waals surface area contributed by atoms with Crippen LogP contribution in [0.1, 0.15) is 102 Å². The van der Waals surface area contributed by atoms with E-state index in [9.17, 15) is 24.6 Å². The number of carboxylic acids is 1. The largest absolute Gasteiger partial charge is 0.508 e. The molecule has 0 heterocycles. The van der Waals surface area contributed by atoms with Crippen molar-refractivity contribution in [3.05, 3.63) is 76.4 Å². The second-order valence-electron chi connectivity index (χ2n) is 11.0. The summed E-state index contributed by atoms with van der Waals surface area (Å²) < 4.78 is 0. The first-order chi connectivity index (χ1) is 16.4. The SMILES string of the molecule is C=C[C@@]1(C)CCC[C@@](C)(C(=O)O)C1CCc1cc(C(C)C)cc2c1C(=O)c1cc(O)ccc1C2=O. The quantitative estimate of drug-likeness (QED) is 0.409. The second kappa shape index (κ2) is 8.78. The molecule has 2 aliphatic rings. The van der Waals surface area contributed by atoms with E-state index in [2.05, 4.69) is 13.5 Å². The summed E-state index contributed by atoms with van der Waals surface area (Å²) in [4.78, 5) is 39.4. The molecule has 2 aromatic rings. The van der Waals surface area contributed by atoms with Crippen LogP contribution in [0.15, 0.2) is 43.0 Å². The summed E-state index contributed by atoms with van der Waals surface area (Å²) in [5.41, 5.74) is 1.80. The maximum Gasteiger partial charge on any atom is 0.309 e. The number of carbonyl (C=O) groups excluding carboxylic acids is 2. The van der Waals surface area contributed by atoms with Gasteiger partial charge >= 0.3 is 5.97 Å². The lowest BCUT2D eigenvalue weighted by Crippen LogP contribution is -2.47. The van der Waals surface area contributed by atoms with Gasteiger partial charge in [0.1, 0.15) is 5.75 Å². The number of aromatic hydroxyl groups is 1. The molecule has 2 aromatic carbocycles. The molecule has 35 heavy (non-hydrogen) atoms. The molecule has 1 fully saturated rings. The summed E-state index contributed by atoms with van der Waals surface area (Å²) in [6, 6.07) is 8.10. The molecule has 2 aliphatic carbocycles. The van der Waals surface area contributed by atoms with Crippen LogP contribution in [0.25, 0.3) is 0 Å². The third-order valence-electron chi connectivity index (χ3n) is 8.51. The smallest absolute Gasteiger partial charge is 0.309 e. The molecule has 0 bridgehead atoms. The van der Waals surface area contributed by atoms with Crippen LogP contribution in [0.2, 0.25) is 0 Å². The van der Waals surface area contributed by atoms with E-state index in [1.165, 1.54) is 18.2 Å². The predicted molar refractivity (Wildman–Crippen MR) is 135 cm³/mol. The van der Waals surface area contributed by atoms with Crippen LogP contribution in [-0.2, 0) is 11.2 Å². The van der Waals surface area contributed by atoms with Crippen molar-refractivity contribution < 1.29 is 24.6 Å². The number of carbonyl (C=O) groups is 3. The van der Waals surface area contributed by atoms with E-state index >= 15 is 0 Å². The van der Waals surface area contributed by atoms with Gasteiger partial charge in [-0.25, -0.2) is 0 Å². The Kier molecular flexibility index (Phi) is 6.25. The van der Waals surface area contributed by atoms with Crippen LogP contribution in [-0.4, -0.2) is 27.7 Å². The van der Waals surface area contributed by atoms with Gasteiger partial charge in [-0.1, -0.05) is 39.3 Å². The summed E-state index contributed by atoms with van der Waals surface area (Å²) in [6.07, 6.45) is 5.24. The monoisotopic (exact) mass is 474 g/mol. The van der Waals surface area contributed by atoms with E-state index in [-0.39, 0.29) is 40.1 Å². The number of carboxylic acid groups (broad SMARTS) is 1. The summed E-state index contributed by atoms with van der Waals surface area (Å²) in [7, 11) is 0. The highest BCUT2D eigenvalue weighted by Gasteiger charge is 2.51. The average Bonchev–Trinajstić information content (AvgIpc) is 2.81. The van der Waals surface area contributed by atoms with E-state index in [0.717, 1.165) is 24.0 Å². The minimum Gasteiger partial charge on any atom is -0.508 e. The lowest BCUT2D eigenvalue weighted by Gasteiger charge is -2.49. The molecular formula is C30H34O5. The number of hydrogen-bond acceptors (Lipinski definition) is 4. The number of aliphatic carboxylic acids is 1. The first kappa shape index (κ1) is 24.9. The Morgan fingerprint density at radius 3 is 2.43 bits per heavy atom. The van der Waals surface area contributed by atoms with Crippen molar-refractivity contribution in [1.29, 1.82) is 0 Å². The van der Waals surface area contributed by atoms with Crippen molar-refractivity contribution in [1.82, 2.24) is 0 Å².